The Balaban J connectivity index is 1.69. The highest BCUT2D eigenvalue weighted by Gasteiger charge is 2.18. The minimum atomic E-state index is -0.0731. The number of hydrogen-bond donors (Lipinski definition) is 2. The predicted octanol–water partition coefficient (Wildman–Crippen LogP) is 3.99. The minimum absolute atomic E-state index is 0.0731. The summed E-state index contributed by atoms with van der Waals surface area (Å²) in [4.78, 5) is 15.2. The Morgan fingerprint density at radius 2 is 1.81 bits per heavy atom. The summed E-state index contributed by atoms with van der Waals surface area (Å²) in [6.07, 6.45) is 0.891. The zero-order chi connectivity index (χ0) is 22.2. The van der Waals surface area contributed by atoms with Gasteiger partial charge in [-0.25, -0.2) is 0 Å². The van der Waals surface area contributed by atoms with E-state index >= 15 is 0 Å². The second-order valence-electron chi connectivity index (χ2n) is 7.67. The number of aryl methyl sites for hydroxylation is 1. The lowest BCUT2D eigenvalue weighted by Crippen LogP contribution is -2.45. The first-order chi connectivity index (χ1) is 15.0. The Hall–Kier alpha value is -2.77. The fourth-order valence-electron chi connectivity index (χ4n) is 3.78. The number of carbonyl (C=O) groups excluding carboxylic acids is 1. The zero-order valence-electron chi connectivity index (χ0n) is 18.5. The lowest BCUT2D eigenvalue weighted by atomic mass is 10.0. The van der Waals surface area contributed by atoms with Gasteiger partial charge in [-0.2, -0.15) is 5.10 Å². The van der Waals surface area contributed by atoms with Crippen LogP contribution in [0.25, 0.3) is 11.4 Å². The van der Waals surface area contributed by atoms with Crippen molar-refractivity contribution in [2.45, 2.75) is 39.8 Å². The maximum absolute atomic E-state index is 12.8. The standard InChI is InChI=1S/C24H31N5OS/c1-4-28(5-2)21(15-19-9-7-6-8-10-19)16-25-22(30)17-29-23(26-27-24(29)31)20-13-11-18(3)12-14-20/h6-14,21H,4-5,15-17H2,1-3H3,(H,25,30)(H,27,31). The van der Waals surface area contributed by atoms with Crippen LogP contribution in [0.2, 0.25) is 0 Å². The molecule has 0 bridgehead atoms. The summed E-state index contributed by atoms with van der Waals surface area (Å²) < 4.78 is 2.19. The Kier molecular flexibility index (Phi) is 8.14. The molecule has 1 amide bonds. The van der Waals surface area contributed by atoms with Gasteiger partial charge in [0.25, 0.3) is 0 Å². The van der Waals surface area contributed by atoms with Crippen molar-refractivity contribution in [1.82, 2.24) is 25.0 Å². The Morgan fingerprint density at radius 1 is 1.13 bits per heavy atom. The van der Waals surface area contributed by atoms with Gasteiger partial charge in [0, 0.05) is 18.2 Å². The highest BCUT2D eigenvalue weighted by atomic mass is 32.1. The number of H-pyrrole nitrogens is 1. The summed E-state index contributed by atoms with van der Waals surface area (Å²) in [5, 5.41) is 10.3. The summed E-state index contributed by atoms with van der Waals surface area (Å²) >= 11 is 5.38. The van der Waals surface area contributed by atoms with Crippen LogP contribution in [0.4, 0.5) is 0 Å². The molecule has 0 spiro atoms. The second kappa shape index (κ2) is 11.0. The Morgan fingerprint density at radius 3 is 2.45 bits per heavy atom. The lowest BCUT2D eigenvalue weighted by Gasteiger charge is -2.30. The van der Waals surface area contributed by atoms with Crippen molar-refractivity contribution in [1.29, 1.82) is 0 Å². The molecule has 1 unspecified atom stereocenters. The molecule has 1 aromatic heterocycles. The number of rotatable bonds is 10. The van der Waals surface area contributed by atoms with Crippen molar-refractivity contribution >= 4 is 18.1 Å². The van der Waals surface area contributed by atoms with E-state index in [0.717, 1.165) is 25.1 Å². The monoisotopic (exact) mass is 437 g/mol. The van der Waals surface area contributed by atoms with Gasteiger partial charge in [0.2, 0.25) is 5.91 Å². The third kappa shape index (κ3) is 6.12. The SMILES string of the molecule is CCN(CC)C(CNC(=O)Cn1c(-c2ccc(C)cc2)n[nH]c1=S)Cc1ccccc1. The number of hydrogen-bond acceptors (Lipinski definition) is 4. The first-order valence-electron chi connectivity index (χ1n) is 10.8. The molecule has 0 aliphatic rings. The summed E-state index contributed by atoms with van der Waals surface area (Å²) in [5.74, 6) is 0.598. The Bertz CT molecular complexity index is 1020. The van der Waals surface area contributed by atoms with Gasteiger partial charge >= 0.3 is 0 Å². The van der Waals surface area contributed by atoms with Crippen molar-refractivity contribution in [3.05, 3.63) is 70.5 Å². The molecule has 0 saturated heterocycles. The smallest absolute Gasteiger partial charge is 0.240 e. The highest BCUT2D eigenvalue weighted by molar-refractivity contribution is 7.71. The van der Waals surface area contributed by atoms with Crippen LogP contribution >= 0.6 is 12.2 Å². The molecule has 0 fully saturated rings. The molecule has 2 aromatic carbocycles. The van der Waals surface area contributed by atoms with Crippen LogP contribution in [-0.4, -0.2) is 51.2 Å². The number of aromatic nitrogens is 3. The number of likely N-dealkylation sites (N-methyl/N-ethyl adjacent to an activating group) is 1. The van der Waals surface area contributed by atoms with Gasteiger partial charge in [0.05, 0.1) is 0 Å². The molecule has 7 heteroatoms. The second-order valence-corrected chi connectivity index (χ2v) is 8.06. The molecule has 3 aromatic rings. The van der Waals surface area contributed by atoms with Crippen molar-refractivity contribution in [3.8, 4) is 11.4 Å². The quantitative estimate of drug-likeness (QED) is 0.471. The van der Waals surface area contributed by atoms with Gasteiger partial charge in [-0.3, -0.25) is 19.4 Å². The van der Waals surface area contributed by atoms with Crippen LogP contribution < -0.4 is 5.32 Å². The van der Waals surface area contributed by atoms with E-state index in [1.54, 1.807) is 4.57 Å². The third-order valence-electron chi connectivity index (χ3n) is 5.55. The summed E-state index contributed by atoms with van der Waals surface area (Å²) in [5.41, 5.74) is 3.37. The van der Waals surface area contributed by atoms with Gasteiger partial charge in [-0.1, -0.05) is 74.0 Å². The number of aromatic amines is 1. The molecule has 2 N–H and O–H groups in total. The molecule has 1 heterocycles. The van der Waals surface area contributed by atoms with Crippen LogP contribution in [0, 0.1) is 11.7 Å². The number of carbonyl (C=O) groups is 1. The maximum atomic E-state index is 12.8. The van der Waals surface area contributed by atoms with E-state index in [2.05, 4.69) is 58.5 Å². The number of amides is 1. The van der Waals surface area contributed by atoms with Gasteiger partial charge in [-0.05, 0) is 44.2 Å². The third-order valence-corrected chi connectivity index (χ3v) is 5.86. The molecule has 3 rings (SSSR count). The lowest BCUT2D eigenvalue weighted by molar-refractivity contribution is -0.121. The zero-order valence-corrected chi connectivity index (χ0v) is 19.3. The molecule has 0 aliphatic heterocycles. The highest BCUT2D eigenvalue weighted by Crippen LogP contribution is 2.18. The van der Waals surface area contributed by atoms with Gasteiger partial charge in [0.15, 0.2) is 10.6 Å². The molecule has 6 nitrogen and oxygen atoms in total. The molecule has 0 radical (unpaired) electrons. The van der Waals surface area contributed by atoms with E-state index in [-0.39, 0.29) is 18.5 Å². The van der Waals surface area contributed by atoms with Crippen molar-refractivity contribution in [2.24, 2.45) is 0 Å². The van der Waals surface area contributed by atoms with E-state index < -0.39 is 0 Å². The largest absolute Gasteiger partial charge is 0.353 e. The molecule has 164 valence electrons. The van der Waals surface area contributed by atoms with Crippen LogP contribution in [0.3, 0.4) is 0 Å². The van der Waals surface area contributed by atoms with Crippen molar-refractivity contribution in [3.63, 3.8) is 0 Å². The first kappa shape index (κ1) is 22.9. The van der Waals surface area contributed by atoms with Gasteiger partial charge in [0.1, 0.15) is 6.54 Å². The first-order valence-corrected chi connectivity index (χ1v) is 11.2. The van der Waals surface area contributed by atoms with Crippen LogP contribution in [0.5, 0.6) is 0 Å². The molecule has 0 aliphatic carbocycles. The Labute approximate surface area is 189 Å². The van der Waals surface area contributed by atoms with Crippen LogP contribution in [0.1, 0.15) is 25.0 Å². The predicted molar refractivity (Wildman–Crippen MR) is 127 cm³/mol. The normalized spacial score (nSPS) is 12.1. The van der Waals surface area contributed by atoms with E-state index in [4.69, 9.17) is 12.2 Å². The van der Waals surface area contributed by atoms with E-state index in [1.807, 2.05) is 37.3 Å². The van der Waals surface area contributed by atoms with Crippen LogP contribution in [0.15, 0.2) is 54.6 Å². The van der Waals surface area contributed by atoms with E-state index in [9.17, 15) is 4.79 Å². The van der Waals surface area contributed by atoms with E-state index in [0.29, 0.717) is 17.1 Å². The van der Waals surface area contributed by atoms with Crippen molar-refractivity contribution < 1.29 is 4.79 Å². The summed E-state index contributed by atoms with van der Waals surface area (Å²) in [7, 11) is 0. The summed E-state index contributed by atoms with van der Waals surface area (Å²) in [6.45, 7) is 8.94. The number of benzene rings is 2. The molecular formula is C24H31N5OS. The maximum Gasteiger partial charge on any atom is 0.240 e. The molecular weight excluding hydrogens is 406 g/mol. The van der Waals surface area contributed by atoms with E-state index in [1.165, 1.54) is 11.1 Å². The summed E-state index contributed by atoms with van der Waals surface area (Å²) in [6, 6.07) is 18.7. The number of nitrogens with zero attached hydrogens (tertiary/aromatic N) is 3. The van der Waals surface area contributed by atoms with Gasteiger partial charge in [-0.15, -0.1) is 0 Å². The molecule has 1 atom stereocenters. The number of nitrogens with one attached hydrogen (secondary N) is 2. The average Bonchev–Trinajstić information content (AvgIpc) is 3.14. The minimum Gasteiger partial charge on any atom is -0.353 e. The fourth-order valence-corrected chi connectivity index (χ4v) is 3.97. The molecule has 31 heavy (non-hydrogen) atoms. The average molecular weight is 438 g/mol. The molecule has 0 saturated carbocycles. The fraction of sp³-hybridized carbons (Fsp3) is 0.375. The topological polar surface area (TPSA) is 66.0 Å². The van der Waals surface area contributed by atoms with Gasteiger partial charge < -0.3 is 5.32 Å². The van der Waals surface area contributed by atoms with Crippen LogP contribution in [-0.2, 0) is 17.8 Å². The van der Waals surface area contributed by atoms with Crippen molar-refractivity contribution in [2.75, 3.05) is 19.6 Å².